The van der Waals surface area contributed by atoms with E-state index >= 15 is 0 Å². The van der Waals surface area contributed by atoms with Gasteiger partial charge in [0.1, 0.15) is 17.5 Å². The van der Waals surface area contributed by atoms with Crippen LogP contribution in [0.5, 0.6) is 5.75 Å². The number of hydrogen-bond donors (Lipinski definition) is 2. The van der Waals surface area contributed by atoms with Crippen LogP contribution in [0.3, 0.4) is 0 Å². The number of imidazole rings is 1. The van der Waals surface area contributed by atoms with Crippen molar-refractivity contribution in [3.63, 3.8) is 0 Å². The van der Waals surface area contributed by atoms with E-state index in [-0.39, 0.29) is 0 Å². The Balaban J connectivity index is 1.61. The summed E-state index contributed by atoms with van der Waals surface area (Å²) in [6, 6.07) is 8.78. The lowest BCUT2D eigenvalue weighted by molar-refractivity contribution is 0.0553. The van der Waals surface area contributed by atoms with Gasteiger partial charge < -0.3 is 14.9 Å². The fourth-order valence-corrected chi connectivity index (χ4v) is 3.86. The molecular formula is C22H23Cl2N5O3. The van der Waals surface area contributed by atoms with Gasteiger partial charge in [0, 0.05) is 6.42 Å². The van der Waals surface area contributed by atoms with E-state index in [0.717, 1.165) is 5.52 Å². The number of rotatable bonds is 7. The van der Waals surface area contributed by atoms with Crippen LogP contribution in [-0.2, 0) is 0 Å². The molecule has 1 aromatic carbocycles. The fraction of sp³-hybridized carbons (Fsp3) is 0.318. The molecule has 0 aliphatic rings. The predicted octanol–water partition coefficient (Wildman–Crippen LogP) is 4.15. The molecule has 10 heteroatoms. The molecule has 0 amide bonds. The summed E-state index contributed by atoms with van der Waals surface area (Å²) in [5.41, 5.74) is 2.13. The lowest BCUT2D eigenvalue weighted by Crippen LogP contribution is -2.21. The number of ether oxygens (including phenoxy) is 1. The van der Waals surface area contributed by atoms with Crippen LogP contribution in [0.4, 0.5) is 0 Å². The average molecular weight is 476 g/mol. The van der Waals surface area contributed by atoms with E-state index in [2.05, 4.69) is 15.3 Å². The summed E-state index contributed by atoms with van der Waals surface area (Å²) in [6.45, 7) is 5.59. The number of halogens is 2. The minimum absolute atomic E-state index is 0.335. The maximum atomic E-state index is 11.1. The lowest BCUT2D eigenvalue weighted by Gasteiger charge is -2.17. The third-order valence-corrected chi connectivity index (χ3v) is 5.77. The number of hydrogen-bond acceptors (Lipinski definition) is 6. The molecule has 8 nitrogen and oxygen atoms in total. The van der Waals surface area contributed by atoms with Crippen LogP contribution in [0, 0.1) is 6.92 Å². The summed E-state index contributed by atoms with van der Waals surface area (Å²) >= 11 is 12.8. The molecule has 0 bridgehead atoms. The molecule has 1 atom stereocenters. The van der Waals surface area contributed by atoms with Crippen LogP contribution in [0.15, 0.2) is 42.9 Å². The van der Waals surface area contributed by atoms with Gasteiger partial charge in [0.15, 0.2) is 0 Å². The molecular weight excluding hydrogens is 453 g/mol. The number of nitrogens with zero attached hydrogens (tertiary/aromatic N) is 5. The molecule has 0 radical (unpaired) electrons. The zero-order valence-corrected chi connectivity index (χ0v) is 19.3. The zero-order valence-electron chi connectivity index (χ0n) is 17.8. The monoisotopic (exact) mass is 475 g/mol. The predicted molar refractivity (Wildman–Crippen MR) is 122 cm³/mol. The largest absolute Gasteiger partial charge is 0.492 e. The number of pyridine rings is 1. The number of fused-ring (bicyclic) bond motifs is 1. The summed E-state index contributed by atoms with van der Waals surface area (Å²) in [5, 5.41) is 30.1. The van der Waals surface area contributed by atoms with Crippen LogP contribution in [0.2, 0.25) is 10.0 Å². The Morgan fingerprint density at radius 3 is 2.66 bits per heavy atom. The molecule has 0 spiro atoms. The van der Waals surface area contributed by atoms with Gasteiger partial charge in [-0.1, -0.05) is 28.4 Å². The Hall–Kier alpha value is -2.65. The van der Waals surface area contributed by atoms with E-state index in [1.807, 2.05) is 13.0 Å². The maximum Gasteiger partial charge on any atom is 0.141 e. The van der Waals surface area contributed by atoms with Gasteiger partial charge in [-0.05, 0) is 51.1 Å². The quantitative estimate of drug-likeness (QED) is 0.416. The number of aliphatic hydroxyl groups is 2. The first-order chi connectivity index (χ1) is 15.2. The van der Waals surface area contributed by atoms with E-state index in [9.17, 15) is 10.2 Å². The molecule has 0 saturated carbocycles. The first kappa shape index (κ1) is 22.5. The molecule has 0 aliphatic carbocycles. The van der Waals surface area contributed by atoms with Crippen LogP contribution < -0.4 is 4.74 Å². The molecule has 0 saturated heterocycles. The Kier molecular flexibility index (Phi) is 6.13. The van der Waals surface area contributed by atoms with Crippen molar-refractivity contribution in [2.24, 2.45) is 0 Å². The molecule has 4 aromatic rings. The maximum absolute atomic E-state index is 11.1. The van der Waals surface area contributed by atoms with E-state index in [0.29, 0.717) is 51.6 Å². The van der Waals surface area contributed by atoms with E-state index in [4.69, 9.17) is 27.9 Å². The van der Waals surface area contributed by atoms with Crippen LogP contribution in [0.25, 0.3) is 11.2 Å². The standard InChI is InChI=1S/C22H23Cl2N5O3/c1-13-19(21(30)20-16(23)6-4-15-11-25-12-28(15)20)26-27-29(13)14-5-7-18(17(24)10-14)32-9-8-22(2,3)31/h4-7,10-12,21,30-31H,8-9H2,1-3H3/t21-/m0/s1. The zero-order chi connectivity index (χ0) is 23.0. The highest BCUT2D eigenvalue weighted by Crippen LogP contribution is 2.32. The Morgan fingerprint density at radius 2 is 1.94 bits per heavy atom. The first-order valence-electron chi connectivity index (χ1n) is 10.0. The van der Waals surface area contributed by atoms with Crippen molar-refractivity contribution >= 4 is 28.7 Å². The molecule has 0 aliphatic heterocycles. The number of benzene rings is 1. The van der Waals surface area contributed by atoms with Crippen molar-refractivity contribution in [1.82, 2.24) is 24.4 Å². The van der Waals surface area contributed by atoms with Gasteiger partial charge in [-0.3, -0.25) is 4.40 Å². The summed E-state index contributed by atoms with van der Waals surface area (Å²) in [4.78, 5) is 4.12. The molecule has 3 heterocycles. The van der Waals surface area contributed by atoms with E-state index in [1.165, 1.54) is 0 Å². The van der Waals surface area contributed by atoms with Crippen molar-refractivity contribution in [2.45, 2.75) is 38.9 Å². The molecule has 32 heavy (non-hydrogen) atoms. The highest BCUT2D eigenvalue weighted by molar-refractivity contribution is 6.32. The van der Waals surface area contributed by atoms with E-state index in [1.54, 1.807) is 59.7 Å². The van der Waals surface area contributed by atoms with Crippen molar-refractivity contribution in [2.75, 3.05) is 6.61 Å². The second kappa shape index (κ2) is 8.71. The van der Waals surface area contributed by atoms with Gasteiger partial charge in [0.05, 0.1) is 57.4 Å². The Morgan fingerprint density at radius 1 is 1.16 bits per heavy atom. The van der Waals surface area contributed by atoms with Gasteiger partial charge in [-0.2, -0.15) is 0 Å². The number of aromatic nitrogens is 5. The van der Waals surface area contributed by atoms with E-state index < -0.39 is 11.7 Å². The fourth-order valence-electron chi connectivity index (χ4n) is 3.37. The third kappa shape index (κ3) is 4.45. The van der Waals surface area contributed by atoms with Crippen molar-refractivity contribution < 1.29 is 14.9 Å². The molecule has 2 N–H and O–H groups in total. The molecule has 4 rings (SSSR count). The second-order valence-corrected chi connectivity index (χ2v) is 8.97. The van der Waals surface area contributed by atoms with Crippen LogP contribution in [-0.4, -0.2) is 46.8 Å². The smallest absolute Gasteiger partial charge is 0.141 e. The summed E-state index contributed by atoms with van der Waals surface area (Å²) in [5.74, 6) is 0.510. The van der Waals surface area contributed by atoms with Gasteiger partial charge in [0.2, 0.25) is 0 Å². The third-order valence-electron chi connectivity index (χ3n) is 5.15. The molecule has 168 valence electrons. The Bertz CT molecular complexity index is 1260. The van der Waals surface area contributed by atoms with Gasteiger partial charge in [-0.25, -0.2) is 9.67 Å². The summed E-state index contributed by atoms with van der Waals surface area (Å²) in [6.07, 6.45) is 2.65. The lowest BCUT2D eigenvalue weighted by atomic mass is 10.1. The average Bonchev–Trinajstić information content (AvgIpc) is 3.34. The van der Waals surface area contributed by atoms with Crippen molar-refractivity contribution in [3.05, 3.63) is 70.0 Å². The normalized spacial score (nSPS) is 13.0. The minimum Gasteiger partial charge on any atom is -0.492 e. The SMILES string of the molecule is Cc1c([C@H](O)c2c(Cl)ccc3cncn23)nnn1-c1ccc(OCCC(C)(C)O)c(Cl)c1. The van der Waals surface area contributed by atoms with Gasteiger partial charge in [0.25, 0.3) is 0 Å². The Labute approximate surface area is 195 Å². The van der Waals surface area contributed by atoms with Crippen LogP contribution >= 0.6 is 23.2 Å². The first-order valence-corrected chi connectivity index (χ1v) is 10.8. The van der Waals surface area contributed by atoms with Gasteiger partial charge in [-0.15, -0.1) is 5.10 Å². The summed E-state index contributed by atoms with van der Waals surface area (Å²) < 4.78 is 9.00. The second-order valence-electron chi connectivity index (χ2n) is 8.16. The number of aliphatic hydroxyl groups excluding tert-OH is 1. The molecule has 0 fully saturated rings. The van der Waals surface area contributed by atoms with Gasteiger partial charge >= 0.3 is 0 Å². The van der Waals surface area contributed by atoms with Crippen LogP contribution in [0.1, 0.15) is 43.5 Å². The molecule has 3 aromatic heterocycles. The van der Waals surface area contributed by atoms with Crippen molar-refractivity contribution in [1.29, 1.82) is 0 Å². The van der Waals surface area contributed by atoms with Crippen molar-refractivity contribution in [3.8, 4) is 11.4 Å². The minimum atomic E-state index is -1.10. The molecule has 0 unspecified atom stereocenters. The highest BCUT2D eigenvalue weighted by atomic mass is 35.5. The topological polar surface area (TPSA) is 97.7 Å². The summed E-state index contributed by atoms with van der Waals surface area (Å²) in [7, 11) is 0. The highest BCUT2D eigenvalue weighted by Gasteiger charge is 2.24.